The Balaban J connectivity index is 1.78. The molecule has 1 heterocycles. The number of carbonyl (C=O) groups excluding carboxylic acids is 2. The molecule has 2 aromatic carbocycles. The Labute approximate surface area is 134 Å². The van der Waals surface area contributed by atoms with Crippen LogP contribution in [0.15, 0.2) is 71.9 Å². The van der Waals surface area contributed by atoms with Gasteiger partial charge in [0.25, 0.3) is 0 Å². The van der Waals surface area contributed by atoms with Crippen molar-refractivity contribution in [2.24, 2.45) is 0 Å². The van der Waals surface area contributed by atoms with Crippen LogP contribution in [0.3, 0.4) is 0 Å². The van der Waals surface area contributed by atoms with Gasteiger partial charge in [0.2, 0.25) is 12.0 Å². The molecule has 0 aromatic heterocycles. The minimum atomic E-state index is -0.968. The van der Waals surface area contributed by atoms with Crippen LogP contribution in [0, 0.1) is 0 Å². The van der Waals surface area contributed by atoms with E-state index in [0.29, 0.717) is 23.3 Å². The molecule has 0 amide bonds. The Morgan fingerprint density at radius 3 is 2.26 bits per heavy atom. The molecule has 1 N–H and O–H groups in total. The summed E-state index contributed by atoms with van der Waals surface area (Å²) in [4.78, 5) is 24.7. The Bertz CT molecular complexity index is 751. The average molecular weight is 307 g/mol. The van der Waals surface area contributed by atoms with Gasteiger partial charge in [0, 0.05) is 17.7 Å². The zero-order valence-electron chi connectivity index (χ0n) is 12.8. The summed E-state index contributed by atoms with van der Waals surface area (Å²) in [6, 6.07) is 18.5. The summed E-state index contributed by atoms with van der Waals surface area (Å²) in [5, 5.41) is 3.00. The van der Waals surface area contributed by atoms with E-state index in [1.807, 2.05) is 36.4 Å². The Kier molecular flexibility index (Phi) is 4.24. The van der Waals surface area contributed by atoms with E-state index in [4.69, 9.17) is 4.74 Å². The van der Waals surface area contributed by atoms with Crippen LogP contribution < -0.4 is 5.32 Å². The van der Waals surface area contributed by atoms with Gasteiger partial charge in [-0.05, 0) is 12.5 Å². The van der Waals surface area contributed by atoms with E-state index in [-0.39, 0.29) is 5.78 Å². The van der Waals surface area contributed by atoms with Crippen molar-refractivity contribution in [1.82, 2.24) is 5.32 Å². The van der Waals surface area contributed by atoms with Gasteiger partial charge >= 0.3 is 5.97 Å². The van der Waals surface area contributed by atoms with Gasteiger partial charge < -0.3 is 10.1 Å². The highest BCUT2D eigenvalue weighted by Gasteiger charge is 2.31. The number of ketones is 1. The number of hydrogen-bond donors (Lipinski definition) is 1. The fourth-order valence-corrected chi connectivity index (χ4v) is 2.52. The second-order valence-electron chi connectivity index (χ2n) is 5.43. The molecule has 3 rings (SSSR count). The Morgan fingerprint density at radius 1 is 1.04 bits per heavy atom. The van der Waals surface area contributed by atoms with E-state index in [1.165, 1.54) is 0 Å². The molecule has 23 heavy (non-hydrogen) atoms. The van der Waals surface area contributed by atoms with Gasteiger partial charge in [0.1, 0.15) is 0 Å². The maximum Gasteiger partial charge on any atom is 0.338 e. The van der Waals surface area contributed by atoms with Crippen LogP contribution in [0.5, 0.6) is 0 Å². The lowest BCUT2D eigenvalue weighted by atomic mass is 10.0. The predicted octanol–water partition coefficient (Wildman–Crippen LogP) is 2.86. The van der Waals surface area contributed by atoms with Crippen molar-refractivity contribution in [2.75, 3.05) is 0 Å². The van der Waals surface area contributed by atoms with Crippen molar-refractivity contribution in [1.29, 1.82) is 0 Å². The van der Waals surface area contributed by atoms with Crippen molar-refractivity contribution < 1.29 is 14.3 Å². The Morgan fingerprint density at radius 2 is 1.65 bits per heavy atom. The summed E-state index contributed by atoms with van der Waals surface area (Å²) in [6.07, 6.45) is -0.491. The molecule has 0 aliphatic carbocycles. The number of cyclic esters (lactones) is 1. The maximum absolute atomic E-state index is 12.4. The summed E-state index contributed by atoms with van der Waals surface area (Å²) in [7, 11) is 0. The lowest BCUT2D eigenvalue weighted by Crippen LogP contribution is -2.44. The predicted molar refractivity (Wildman–Crippen MR) is 86.6 cm³/mol. The molecule has 1 aliphatic heterocycles. The molecule has 2 aromatic rings. The zero-order chi connectivity index (χ0) is 16.2. The highest BCUT2D eigenvalue weighted by molar-refractivity contribution is 6.02. The number of nitrogens with one attached hydrogen (secondary N) is 1. The minimum absolute atomic E-state index is 0.253. The first-order valence-corrected chi connectivity index (χ1v) is 7.45. The maximum atomic E-state index is 12.4. The monoisotopic (exact) mass is 307 g/mol. The van der Waals surface area contributed by atoms with Gasteiger partial charge in [-0.1, -0.05) is 60.7 Å². The number of allylic oxidation sites excluding steroid dienone is 1. The molecular formula is C19H17NO3. The molecule has 4 nitrogen and oxygen atoms in total. The molecule has 116 valence electrons. The van der Waals surface area contributed by atoms with E-state index >= 15 is 0 Å². The van der Waals surface area contributed by atoms with E-state index < -0.39 is 12.2 Å². The number of ether oxygens (including phenoxy) is 1. The van der Waals surface area contributed by atoms with E-state index in [1.54, 1.807) is 31.2 Å². The molecule has 0 fully saturated rings. The third kappa shape index (κ3) is 3.31. The zero-order valence-corrected chi connectivity index (χ0v) is 12.8. The van der Waals surface area contributed by atoms with Crippen LogP contribution in [0.25, 0.3) is 0 Å². The van der Waals surface area contributed by atoms with E-state index in [0.717, 1.165) is 5.56 Å². The van der Waals surface area contributed by atoms with E-state index in [2.05, 4.69) is 5.32 Å². The molecule has 0 radical (unpaired) electrons. The van der Waals surface area contributed by atoms with Crippen molar-refractivity contribution in [3.8, 4) is 0 Å². The second-order valence-corrected chi connectivity index (χ2v) is 5.43. The smallest absolute Gasteiger partial charge is 0.338 e. The molecular weight excluding hydrogens is 290 g/mol. The van der Waals surface area contributed by atoms with Gasteiger partial charge in [0.05, 0.1) is 5.57 Å². The summed E-state index contributed by atoms with van der Waals surface area (Å²) in [5.74, 6) is -0.698. The highest BCUT2D eigenvalue weighted by Crippen LogP contribution is 2.19. The standard InChI is InChI=1S/C19H17NO3/c1-13-16(12-14-8-4-2-5-9-14)19(22)23-18(20-13)17(21)15-10-6-3-7-11-15/h2-11,18,20H,12H2,1H3. The summed E-state index contributed by atoms with van der Waals surface area (Å²) >= 11 is 0. The fourth-order valence-electron chi connectivity index (χ4n) is 2.52. The number of rotatable bonds is 4. The largest absolute Gasteiger partial charge is 0.430 e. The van der Waals surface area contributed by atoms with Gasteiger partial charge in [0.15, 0.2) is 0 Å². The quantitative estimate of drug-likeness (QED) is 0.697. The van der Waals surface area contributed by atoms with Crippen LogP contribution in [0.2, 0.25) is 0 Å². The van der Waals surface area contributed by atoms with Gasteiger partial charge in [-0.3, -0.25) is 4.79 Å². The van der Waals surface area contributed by atoms with Crippen molar-refractivity contribution in [2.45, 2.75) is 19.6 Å². The molecule has 1 unspecified atom stereocenters. The van der Waals surface area contributed by atoms with Gasteiger partial charge in [-0.25, -0.2) is 4.79 Å². The number of Topliss-reactive ketones (excluding diaryl/α,β-unsaturated/α-hetero) is 1. The fraction of sp³-hybridized carbons (Fsp3) is 0.158. The second kappa shape index (κ2) is 6.48. The van der Waals surface area contributed by atoms with Crippen LogP contribution in [-0.4, -0.2) is 18.0 Å². The normalized spacial score (nSPS) is 17.4. The minimum Gasteiger partial charge on any atom is -0.430 e. The van der Waals surface area contributed by atoms with Crippen LogP contribution in [-0.2, 0) is 16.0 Å². The third-order valence-corrected chi connectivity index (χ3v) is 3.79. The number of benzene rings is 2. The van der Waals surface area contributed by atoms with Crippen molar-refractivity contribution >= 4 is 11.8 Å². The summed E-state index contributed by atoms with van der Waals surface area (Å²) in [6.45, 7) is 1.80. The molecule has 1 aliphatic rings. The first-order chi connectivity index (χ1) is 11.1. The lowest BCUT2D eigenvalue weighted by Gasteiger charge is -2.26. The number of esters is 1. The molecule has 4 heteroatoms. The van der Waals surface area contributed by atoms with Crippen molar-refractivity contribution in [3.05, 3.63) is 83.1 Å². The first kappa shape index (κ1) is 15.0. The average Bonchev–Trinajstić information content (AvgIpc) is 2.59. The van der Waals surface area contributed by atoms with E-state index in [9.17, 15) is 9.59 Å². The number of carbonyl (C=O) groups is 2. The molecule has 1 atom stereocenters. The topological polar surface area (TPSA) is 55.4 Å². The number of hydrogen-bond acceptors (Lipinski definition) is 4. The summed E-state index contributed by atoms with van der Waals surface area (Å²) < 4.78 is 5.30. The lowest BCUT2D eigenvalue weighted by molar-refractivity contribution is -0.145. The van der Waals surface area contributed by atoms with Gasteiger partial charge in [-0.2, -0.15) is 0 Å². The van der Waals surface area contributed by atoms with Gasteiger partial charge in [-0.15, -0.1) is 0 Å². The molecule has 0 bridgehead atoms. The van der Waals surface area contributed by atoms with Crippen LogP contribution in [0.1, 0.15) is 22.8 Å². The van der Waals surface area contributed by atoms with Crippen molar-refractivity contribution in [3.63, 3.8) is 0 Å². The summed E-state index contributed by atoms with van der Waals surface area (Å²) in [5.41, 5.74) is 2.76. The molecule has 0 saturated heterocycles. The third-order valence-electron chi connectivity index (χ3n) is 3.79. The van der Waals surface area contributed by atoms with Crippen LogP contribution >= 0.6 is 0 Å². The Hall–Kier alpha value is -2.88. The highest BCUT2D eigenvalue weighted by atomic mass is 16.6. The first-order valence-electron chi connectivity index (χ1n) is 7.45. The SMILES string of the molecule is CC1=C(Cc2ccccc2)C(=O)OC(C(=O)c2ccccc2)N1. The van der Waals surface area contributed by atoms with Crippen LogP contribution in [0.4, 0.5) is 0 Å². The molecule has 0 saturated carbocycles. The molecule has 0 spiro atoms.